The summed E-state index contributed by atoms with van der Waals surface area (Å²) in [6.45, 7) is 7.97. The van der Waals surface area contributed by atoms with Crippen LogP contribution in [0, 0.1) is 0 Å². The summed E-state index contributed by atoms with van der Waals surface area (Å²) in [6, 6.07) is 3.96. The zero-order valence-electron chi connectivity index (χ0n) is 20.4. The minimum Gasteiger partial charge on any atom is -0.255 e. The highest BCUT2D eigenvalue weighted by molar-refractivity contribution is 5.82. The van der Waals surface area contributed by atoms with Crippen LogP contribution < -0.4 is 0 Å². The first kappa shape index (κ1) is 23.0. The van der Waals surface area contributed by atoms with Crippen LogP contribution in [0.1, 0.15) is 33.9 Å². The summed E-state index contributed by atoms with van der Waals surface area (Å²) in [5.74, 6) is 0. The molecule has 4 heterocycles. The van der Waals surface area contributed by atoms with E-state index in [2.05, 4.69) is 48.3 Å². The Kier molecular flexibility index (Phi) is 6.00. The predicted molar refractivity (Wildman–Crippen MR) is 151 cm³/mol. The van der Waals surface area contributed by atoms with Gasteiger partial charge in [0.05, 0.1) is 29.0 Å². The largest absolute Gasteiger partial charge is 0.255 e. The Morgan fingerprint density at radius 2 is 1.26 bits per heavy atom. The molecule has 2 aliphatic heterocycles. The summed E-state index contributed by atoms with van der Waals surface area (Å²) < 4.78 is 0. The molecule has 0 N–H and O–H groups in total. The molecule has 0 saturated carbocycles. The molecule has 0 amide bonds. The maximum atomic E-state index is 4.67. The molecule has 38 heavy (non-hydrogen) atoms. The van der Waals surface area contributed by atoms with Crippen molar-refractivity contribution >= 4 is 36.5 Å². The highest BCUT2D eigenvalue weighted by Crippen LogP contribution is 2.30. The first-order valence-corrected chi connectivity index (χ1v) is 11.9. The molecular weight excluding hydrogens is 470 g/mol. The lowest BCUT2D eigenvalue weighted by Crippen LogP contribution is -1.88. The molecule has 0 atom stereocenters. The molecule has 180 valence electrons. The van der Waals surface area contributed by atoms with Crippen molar-refractivity contribution in [3.05, 3.63) is 137 Å². The number of hydrogen-bond acceptors (Lipinski definition) is 7. The van der Waals surface area contributed by atoms with Gasteiger partial charge in [-0.1, -0.05) is 49.6 Å². The van der Waals surface area contributed by atoms with Crippen LogP contribution in [0.3, 0.4) is 0 Å². The maximum Gasteiger partial charge on any atom is 0.116 e. The number of aromatic nitrogens is 7. The van der Waals surface area contributed by atoms with E-state index in [9.17, 15) is 0 Å². The van der Waals surface area contributed by atoms with Gasteiger partial charge in [0, 0.05) is 29.1 Å². The van der Waals surface area contributed by atoms with Crippen molar-refractivity contribution in [2.45, 2.75) is 0 Å². The van der Waals surface area contributed by atoms with Crippen LogP contribution in [0.15, 0.2) is 103 Å². The van der Waals surface area contributed by atoms with Crippen LogP contribution in [-0.4, -0.2) is 35.1 Å². The Morgan fingerprint density at radius 1 is 0.632 bits per heavy atom. The summed E-state index contributed by atoms with van der Waals surface area (Å²) in [5, 5.41) is 8.79. The van der Waals surface area contributed by atoms with E-state index in [0.29, 0.717) is 5.69 Å². The third kappa shape index (κ3) is 4.44. The Bertz CT molecular complexity index is 1750. The number of rotatable bonds is 4. The van der Waals surface area contributed by atoms with Crippen LogP contribution in [0.5, 0.6) is 0 Å². The fourth-order valence-corrected chi connectivity index (χ4v) is 4.29. The highest BCUT2D eigenvalue weighted by Gasteiger charge is 2.14. The first-order valence-electron chi connectivity index (χ1n) is 11.9. The second-order valence-electron chi connectivity index (χ2n) is 8.60. The van der Waals surface area contributed by atoms with Crippen molar-refractivity contribution in [2.75, 3.05) is 0 Å². The van der Waals surface area contributed by atoms with Crippen molar-refractivity contribution in [3.8, 4) is 11.3 Å². The molecule has 6 rings (SSSR count). The number of nitrogens with zero attached hydrogens (tertiary/aromatic N) is 7. The quantitative estimate of drug-likeness (QED) is 0.350. The van der Waals surface area contributed by atoms with Crippen molar-refractivity contribution < 1.29 is 0 Å². The van der Waals surface area contributed by atoms with Crippen molar-refractivity contribution in [2.24, 2.45) is 0 Å². The normalized spacial score (nSPS) is 16.3. The smallest absolute Gasteiger partial charge is 0.116 e. The average Bonchev–Trinajstić information content (AvgIpc) is 3.09. The van der Waals surface area contributed by atoms with Crippen molar-refractivity contribution in [1.29, 1.82) is 0 Å². The lowest BCUT2D eigenvalue weighted by molar-refractivity contribution is 1.08. The first-order chi connectivity index (χ1) is 18.7. The van der Waals surface area contributed by atoms with E-state index < -0.39 is 0 Å². The summed E-state index contributed by atoms with van der Waals surface area (Å²) in [7, 11) is 0. The minimum atomic E-state index is 0.705. The van der Waals surface area contributed by atoms with Gasteiger partial charge in [0.1, 0.15) is 18.3 Å². The summed E-state index contributed by atoms with van der Waals surface area (Å²) in [5.41, 5.74) is 10.5. The van der Waals surface area contributed by atoms with E-state index in [0.717, 1.165) is 61.8 Å². The molecule has 2 aromatic heterocycles. The Morgan fingerprint density at radius 3 is 1.89 bits per heavy atom. The van der Waals surface area contributed by atoms with Crippen LogP contribution in [-0.2, 0) is 0 Å². The van der Waals surface area contributed by atoms with E-state index in [1.807, 2.05) is 72.9 Å². The van der Waals surface area contributed by atoms with Gasteiger partial charge in [-0.25, -0.2) is 19.9 Å². The van der Waals surface area contributed by atoms with Crippen LogP contribution in [0.2, 0.25) is 0 Å². The average molecular weight is 492 g/mol. The molecule has 0 bridgehead atoms. The molecule has 0 unspecified atom stereocenters. The summed E-state index contributed by atoms with van der Waals surface area (Å²) in [6.07, 6.45) is 28.1. The molecule has 4 aliphatic rings. The minimum absolute atomic E-state index is 0.705. The topological polar surface area (TPSA) is 90.2 Å². The summed E-state index contributed by atoms with van der Waals surface area (Å²) in [4.78, 5) is 21.7. The van der Waals surface area contributed by atoms with Crippen molar-refractivity contribution in [1.82, 2.24) is 35.1 Å². The third-order valence-electron chi connectivity index (χ3n) is 6.29. The van der Waals surface area contributed by atoms with Crippen LogP contribution >= 0.6 is 0 Å². The van der Waals surface area contributed by atoms with E-state index in [1.54, 1.807) is 31.2 Å². The fraction of sp³-hybridized carbons (Fsp3) is 0. The van der Waals surface area contributed by atoms with Crippen LogP contribution in [0.4, 0.5) is 0 Å². The van der Waals surface area contributed by atoms with E-state index in [4.69, 9.17) is 0 Å². The van der Waals surface area contributed by atoms with Gasteiger partial charge in [-0.05, 0) is 58.7 Å². The molecule has 7 heteroatoms. The van der Waals surface area contributed by atoms with Gasteiger partial charge in [0.25, 0.3) is 0 Å². The number of hydrogen-bond donors (Lipinski definition) is 0. The second-order valence-corrected chi connectivity index (χ2v) is 8.60. The van der Waals surface area contributed by atoms with Gasteiger partial charge in [0.15, 0.2) is 0 Å². The Labute approximate surface area is 219 Å². The molecule has 0 saturated heterocycles. The Balaban J connectivity index is 1.38. The lowest BCUT2D eigenvalue weighted by Gasteiger charge is -2.02. The van der Waals surface area contributed by atoms with Crippen molar-refractivity contribution in [3.63, 3.8) is 0 Å². The molecule has 2 aliphatic carbocycles. The van der Waals surface area contributed by atoms with E-state index >= 15 is 0 Å². The molecule has 0 spiro atoms. The van der Waals surface area contributed by atoms with Gasteiger partial charge < -0.3 is 0 Å². The van der Waals surface area contributed by atoms with Gasteiger partial charge in [-0.3, -0.25) is 4.98 Å². The standard InChI is InChI=1S/C31H21N7/c1-3-20-12-28-24(15-32-18-35-28)7-5-22(20)11-26-9-10-27-30(37-38-31(27)17-34-26)14-23-6-8-25-16-33-19-36-29(25)13-21(23)4-2/h3-19H,1-2H2/b22-11+,23-14+. The highest BCUT2D eigenvalue weighted by atomic mass is 15.1. The fourth-order valence-electron chi connectivity index (χ4n) is 4.29. The number of fused-ring (bicyclic) bond motifs is 3. The number of allylic oxidation sites excluding steroid dienone is 8. The van der Waals surface area contributed by atoms with E-state index in [1.165, 1.54) is 0 Å². The predicted octanol–water partition coefficient (Wildman–Crippen LogP) is 5.92. The van der Waals surface area contributed by atoms with E-state index in [-0.39, 0.29) is 0 Å². The van der Waals surface area contributed by atoms with Gasteiger partial charge in [0.2, 0.25) is 0 Å². The molecule has 2 aromatic rings. The Hall–Kier alpha value is -5.43. The summed E-state index contributed by atoms with van der Waals surface area (Å²) >= 11 is 0. The third-order valence-corrected chi connectivity index (χ3v) is 6.29. The SMILES string of the molecule is C=CC1=Cc2ncncc2C=C/C1=C\c1ccc2c(/C=C3\C=Cc4cncnc4C=C3C=C)nnc-2cn1. The molecule has 0 radical (unpaired) electrons. The maximum absolute atomic E-state index is 4.67. The zero-order chi connectivity index (χ0) is 25.9. The van der Waals surface area contributed by atoms with Gasteiger partial charge in [-0.15, -0.1) is 10.2 Å². The lowest BCUT2D eigenvalue weighted by atomic mass is 10.0. The van der Waals surface area contributed by atoms with Crippen LogP contribution in [0.25, 0.3) is 47.7 Å². The molecule has 0 aromatic carbocycles. The van der Waals surface area contributed by atoms with Gasteiger partial charge in [-0.2, -0.15) is 0 Å². The monoisotopic (exact) mass is 491 g/mol. The molecule has 0 fully saturated rings. The molecular formula is C31H21N7. The second kappa shape index (κ2) is 9.91. The van der Waals surface area contributed by atoms with Gasteiger partial charge >= 0.3 is 0 Å². The molecule has 7 nitrogen and oxygen atoms in total. The zero-order valence-corrected chi connectivity index (χ0v) is 20.4.